The number of nitrogens with one attached hydrogen (secondary N) is 2. The molecule has 1 aromatic heterocycles. The third-order valence-electron chi connectivity index (χ3n) is 3.27. The average Bonchev–Trinajstić information content (AvgIpc) is 2.95. The first-order valence-corrected chi connectivity index (χ1v) is 9.15. The molecule has 0 radical (unpaired) electrons. The number of nitrogens with zero attached hydrogens (tertiary/aromatic N) is 1. The van der Waals surface area contributed by atoms with Crippen molar-refractivity contribution in [1.29, 1.82) is 0 Å². The molecule has 2 amide bonds. The van der Waals surface area contributed by atoms with Crippen LogP contribution in [0, 0.1) is 0 Å². The number of fused-ring (bicyclic) bond motifs is 1. The Hall–Kier alpha value is -2.52. The molecular formula is C17H13F2N3O2S2. The topological polar surface area (TPSA) is 71.1 Å². The van der Waals surface area contributed by atoms with Gasteiger partial charge >= 0.3 is 0 Å². The zero-order chi connectivity index (χ0) is 18.7. The van der Waals surface area contributed by atoms with Crippen LogP contribution < -0.4 is 10.6 Å². The fourth-order valence-corrected chi connectivity index (χ4v) is 3.62. The van der Waals surface area contributed by atoms with Gasteiger partial charge in [-0.15, -0.1) is 0 Å². The van der Waals surface area contributed by atoms with Crippen molar-refractivity contribution in [2.24, 2.45) is 0 Å². The maximum atomic E-state index is 12.3. The van der Waals surface area contributed by atoms with Crippen molar-refractivity contribution in [3.8, 4) is 0 Å². The molecule has 2 N–H and O–H groups in total. The molecule has 0 atom stereocenters. The normalized spacial score (nSPS) is 10.9. The number of thioether (sulfide) groups is 1. The smallest absolute Gasteiger partial charge is 0.288 e. The van der Waals surface area contributed by atoms with E-state index < -0.39 is 5.76 Å². The quantitative estimate of drug-likeness (QED) is 0.610. The highest BCUT2D eigenvalue weighted by molar-refractivity contribution is 7.99. The molecule has 0 aliphatic carbocycles. The van der Waals surface area contributed by atoms with Crippen molar-refractivity contribution < 1.29 is 18.4 Å². The van der Waals surface area contributed by atoms with Crippen LogP contribution in [0.4, 0.5) is 19.6 Å². The number of hydrogen-bond acceptors (Lipinski definition) is 5. The summed E-state index contributed by atoms with van der Waals surface area (Å²) in [5.41, 5.74) is 1.70. The second kappa shape index (κ2) is 7.79. The fraction of sp³-hybridized carbons (Fsp3) is 0.118. The van der Waals surface area contributed by atoms with Crippen molar-refractivity contribution in [3.05, 3.63) is 48.0 Å². The minimum Gasteiger partial charge on any atom is -0.326 e. The van der Waals surface area contributed by atoms with Crippen molar-refractivity contribution in [3.63, 3.8) is 0 Å². The van der Waals surface area contributed by atoms with Gasteiger partial charge in [-0.25, -0.2) is 4.98 Å². The first-order valence-electron chi connectivity index (χ1n) is 7.45. The molecule has 3 rings (SSSR count). The van der Waals surface area contributed by atoms with Crippen LogP contribution in [0.2, 0.25) is 0 Å². The summed E-state index contributed by atoms with van der Waals surface area (Å²) in [5.74, 6) is -3.05. The van der Waals surface area contributed by atoms with Crippen molar-refractivity contribution in [1.82, 2.24) is 4.98 Å². The van der Waals surface area contributed by atoms with Crippen LogP contribution in [0.5, 0.6) is 0 Å². The molecule has 0 aliphatic rings. The van der Waals surface area contributed by atoms with Gasteiger partial charge in [0.15, 0.2) is 5.13 Å². The number of benzene rings is 2. The number of aromatic nitrogens is 1. The molecular weight excluding hydrogens is 380 g/mol. The van der Waals surface area contributed by atoms with Gasteiger partial charge in [-0.1, -0.05) is 23.1 Å². The van der Waals surface area contributed by atoms with Crippen molar-refractivity contribution in [2.75, 3.05) is 10.6 Å². The van der Waals surface area contributed by atoms with E-state index in [9.17, 15) is 18.4 Å². The van der Waals surface area contributed by atoms with E-state index in [0.29, 0.717) is 38.6 Å². The van der Waals surface area contributed by atoms with Crippen molar-refractivity contribution >= 4 is 55.9 Å². The number of carbonyl (C=O) groups excluding carboxylic acids is 2. The molecule has 2 aromatic carbocycles. The van der Waals surface area contributed by atoms with E-state index in [1.165, 1.54) is 42.5 Å². The Morgan fingerprint density at radius 3 is 2.50 bits per heavy atom. The van der Waals surface area contributed by atoms with Gasteiger partial charge in [0.25, 0.3) is 11.7 Å². The van der Waals surface area contributed by atoms with Crippen LogP contribution in [0.3, 0.4) is 0 Å². The summed E-state index contributed by atoms with van der Waals surface area (Å²) in [6.45, 7) is 1.42. The van der Waals surface area contributed by atoms with E-state index in [2.05, 4.69) is 15.6 Å². The summed E-state index contributed by atoms with van der Waals surface area (Å²) in [6.07, 6.45) is 0. The summed E-state index contributed by atoms with van der Waals surface area (Å²) in [4.78, 5) is 28.1. The zero-order valence-electron chi connectivity index (χ0n) is 13.5. The molecule has 0 fully saturated rings. The molecule has 0 unspecified atom stereocenters. The van der Waals surface area contributed by atoms with E-state index in [1.807, 2.05) is 0 Å². The van der Waals surface area contributed by atoms with Gasteiger partial charge in [0, 0.05) is 23.1 Å². The summed E-state index contributed by atoms with van der Waals surface area (Å²) in [5, 5.41) is 5.80. The number of amides is 2. The Balaban J connectivity index is 1.73. The number of hydrogen-bond donors (Lipinski definition) is 2. The van der Waals surface area contributed by atoms with Gasteiger partial charge < -0.3 is 5.32 Å². The number of halogens is 2. The van der Waals surface area contributed by atoms with Crippen LogP contribution in [-0.4, -0.2) is 22.6 Å². The molecule has 0 saturated heterocycles. The summed E-state index contributed by atoms with van der Waals surface area (Å²) in [6, 6.07) is 11.2. The lowest BCUT2D eigenvalue weighted by Gasteiger charge is -2.03. The number of carbonyl (C=O) groups is 2. The summed E-state index contributed by atoms with van der Waals surface area (Å²) in [7, 11) is 0. The van der Waals surface area contributed by atoms with E-state index in [1.54, 1.807) is 18.2 Å². The monoisotopic (exact) mass is 393 g/mol. The van der Waals surface area contributed by atoms with Crippen molar-refractivity contribution in [2.45, 2.75) is 17.6 Å². The van der Waals surface area contributed by atoms with Crippen LogP contribution in [0.1, 0.15) is 17.3 Å². The molecule has 9 heteroatoms. The van der Waals surface area contributed by atoms with E-state index in [0.717, 1.165) is 4.70 Å². The van der Waals surface area contributed by atoms with Gasteiger partial charge in [-0.2, -0.15) is 8.78 Å². The molecule has 0 spiro atoms. The van der Waals surface area contributed by atoms with Crippen LogP contribution in [0.25, 0.3) is 10.2 Å². The second-order valence-electron chi connectivity index (χ2n) is 5.24. The van der Waals surface area contributed by atoms with Gasteiger partial charge in [-0.05, 0) is 42.5 Å². The Labute approximate surface area is 155 Å². The Kier molecular flexibility index (Phi) is 5.48. The maximum absolute atomic E-state index is 12.3. The molecule has 134 valence electrons. The first-order chi connectivity index (χ1) is 12.4. The Morgan fingerprint density at radius 1 is 1.12 bits per heavy atom. The Morgan fingerprint density at radius 2 is 1.85 bits per heavy atom. The van der Waals surface area contributed by atoms with E-state index in [-0.39, 0.29) is 11.8 Å². The summed E-state index contributed by atoms with van der Waals surface area (Å²) >= 11 is 1.70. The predicted octanol–water partition coefficient (Wildman–Crippen LogP) is 4.82. The van der Waals surface area contributed by atoms with Gasteiger partial charge in [0.05, 0.1) is 10.2 Å². The predicted molar refractivity (Wildman–Crippen MR) is 100 cm³/mol. The lowest BCUT2D eigenvalue weighted by Crippen LogP contribution is -2.11. The number of thiazole rings is 1. The molecule has 1 heterocycles. The standard InChI is InChI=1S/C17H13F2N3O2S2/c1-9(23)20-11-4-7-13-14(8-11)26-17(21-13)22-15(24)10-2-5-12(6-3-10)25-16(18)19/h2-8,16H,1H3,(H,20,23)(H,21,22,24). The van der Waals surface area contributed by atoms with Gasteiger partial charge in [0.1, 0.15) is 0 Å². The zero-order valence-corrected chi connectivity index (χ0v) is 15.1. The average molecular weight is 393 g/mol. The minimum atomic E-state index is -2.50. The molecule has 26 heavy (non-hydrogen) atoms. The number of alkyl halides is 2. The molecule has 0 saturated carbocycles. The highest BCUT2D eigenvalue weighted by atomic mass is 32.2. The molecule has 5 nitrogen and oxygen atoms in total. The van der Waals surface area contributed by atoms with Crippen LogP contribution in [-0.2, 0) is 4.79 Å². The number of rotatable bonds is 5. The second-order valence-corrected chi connectivity index (χ2v) is 7.33. The Bertz CT molecular complexity index is 958. The lowest BCUT2D eigenvalue weighted by molar-refractivity contribution is -0.114. The SMILES string of the molecule is CC(=O)Nc1ccc2nc(NC(=O)c3ccc(SC(F)F)cc3)sc2c1. The number of anilines is 2. The van der Waals surface area contributed by atoms with Gasteiger partial charge in [0.2, 0.25) is 5.91 Å². The highest BCUT2D eigenvalue weighted by Gasteiger charge is 2.12. The van der Waals surface area contributed by atoms with Crippen LogP contribution in [0.15, 0.2) is 47.4 Å². The lowest BCUT2D eigenvalue weighted by atomic mass is 10.2. The molecule has 0 bridgehead atoms. The van der Waals surface area contributed by atoms with Gasteiger partial charge in [-0.3, -0.25) is 14.9 Å². The fourth-order valence-electron chi connectivity index (χ4n) is 2.22. The van der Waals surface area contributed by atoms with Crippen LogP contribution >= 0.6 is 23.1 Å². The first kappa shape index (κ1) is 18.3. The third kappa shape index (κ3) is 4.55. The maximum Gasteiger partial charge on any atom is 0.288 e. The minimum absolute atomic E-state index is 0.171. The highest BCUT2D eigenvalue weighted by Crippen LogP contribution is 2.29. The van der Waals surface area contributed by atoms with E-state index in [4.69, 9.17) is 0 Å². The molecule has 3 aromatic rings. The third-order valence-corrected chi connectivity index (χ3v) is 4.93. The molecule has 0 aliphatic heterocycles. The van der Waals surface area contributed by atoms with E-state index >= 15 is 0 Å². The summed E-state index contributed by atoms with van der Waals surface area (Å²) < 4.78 is 25.5. The largest absolute Gasteiger partial charge is 0.326 e.